The van der Waals surface area contributed by atoms with Crippen LogP contribution in [0.1, 0.15) is 29.8 Å². The second kappa shape index (κ2) is 6.26. The molecule has 0 bridgehead atoms. The van der Waals surface area contributed by atoms with Crippen LogP contribution >= 0.6 is 0 Å². The highest BCUT2D eigenvalue weighted by Crippen LogP contribution is 2.19. The van der Waals surface area contributed by atoms with E-state index in [1.807, 2.05) is 24.7 Å². The lowest BCUT2D eigenvalue weighted by Gasteiger charge is -2.19. The summed E-state index contributed by atoms with van der Waals surface area (Å²) in [6.07, 6.45) is 6.47. The van der Waals surface area contributed by atoms with E-state index >= 15 is 0 Å². The van der Waals surface area contributed by atoms with Crippen molar-refractivity contribution in [3.05, 3.63) is 59.7 Å². The molecular formula is C15H19N3. The van der Waals surface area contributed by atoms with Crippen molar-refractivity contribution in [3.63, 3.8) is 0 Å². The van der Waals surface area contributed by atoms with Crippen LogP contribution in [0.25, 0.3) is 0 Å². The van der Waals surface area contributed by atoms with Gasteiger partial charge in [-0.2, -0.15) is 0 Å². The number of rotatable bonds is 5. The molecule has 1 N–H and O–H groups in total. The van der Waals surface area contributed by atoms with Gasteiger partial charge in [0.25, 0.3) is 0 Å². The molecule has 0 fully saturated rings. The molecule has 2 heterocycles. The first-order valence-corrected chi connectivity index (χ1v) is 6.35. The molecule has 1 unspecified atom stereocenters. The lowest BCUT2D eigenvalue weighted by Crippen LogP contribution is -2.24. The van der Waals surface area contributed by atoms with Crippen LogP contribution in [0.3, 0.4) is 0 Å². The number of aromatic nitrogens is 2. The minimum absolute atomic E-state index is 0.263. The third-order valence-corrected chi connectivity index (χ3v) is 3.02. The topological polar surface area (TPSA) is 37.8 Å². The fourth-order valence-corrected chi connectivity index (χ4v) is 2.13. The number of nitrogens with zero attached hydrogens (tertiary/aromatic N) is 2. The molecule has 0 aliphatic rings. The van der Waals surface area contributed by atoms with Crippen molar-refractivity contribution in [2.24, 2.45) is 0 Å². The van der Waals surface area contributed by atoms with Crippen LogP contribution in [-0.4, -0.2) is 16.5 Å². The van der Waals surface area contributed by atoms with Crippen LogP contribution in [0, 0.1) is 6.92 Å². The van der Waals surface area contributed by atoms with E-state index in [1.165, 1.54) is 11.1 Å². The van der Waals surface area contributed by atoms with Gasteiger partial charge in [0.05, 0.1) is 11.7 Å². The van der Waals surface area contributed by atoms with Crippen molar-refractivity contribution in [2.45, 2.75) is 26.3 Å². The van der Waals surface area contributed by atoms with E-state index in [9.17, 15) is 0 Å². The maximum Gasteiger partial charge on any atom is 0.0605 e. The van der Waals surface area contributed by atoms with Gasteiger partial charge in [-0.05, 0) is 49.2 Å². The number of aryl methyl sites for hydroxylation is 1. The van der Waals surface area contributed by atoms with Crippen LogP contribution in [-0.2, 0) is 6.42 Å². The Hall–Kier alpha value is -1.74. The maximum atomic E-state index is 4.52. The van der Waals surface area contributed by atoms with E-state index < -0.39 is 0 Å². The Morgan fingerprint density at radius 3 is 2.61 bits per heavy atom. The molecule has 0 aliphatic heterocycles. The van der Waals surface area contributed by atoms with Crippen LogP contribution in [0.5, 0.6) is 0 Å². The predicted molar refractivity (Wildman–Crippen MR) is 73.3 cm³/mol. The zero-order chi connectivity index (χ0) is 12.8. The summed E-state index contributed by atoms with van der Waals surface area (Å²) < 4.78 is 0. The molecule has 0 radical (unpaired) electrons. The Morgan fingerprint density at radius 1 is 1.17 bits per heavy atom. The van der Waals surface area contributed by atoms with Crippen molar-refractivity contribution in [3.8, 4) is 0 Å². The molecule has 2 aromatic rings. The lowest BCUT2D eigenvalue weighted by molar-refractivity contribution is 0.533. The Kier molecular flexibility index (Phi) is 4.42. The molecule has 2 aromatic heterocycles. The highest BCUT2D eigenvalue weighted by molar-refractivity contribution is 5.24. The lowest BCUT2D eigenvalue weighted by atomic mass is 10.0. The third kappa shape index (κ3) is 3.14. The molecule has 0 amide bonds. The number of hydrogen-bond donors (Lipinski definition) is 1. The molecule has 3 heteroatoms. The molecule has 0 saturated heterocycles. The fourth-order valence-electron chi connectivity index (χ4n) is 2.13. The fraction of sp³-hybridized carbons (Fsp3) is 0.333. The van der Waals surface area contributed by atoms with Gasteiger partial charge in [0.15, 0.2) is 0 Å². The molecule has 2 rings (SSSR count). The highest BCUT2D eigenvalue weighted by Gasteiger charge is 2.14. The summed E-state index contributed by atoms with van der Waals surface area (Å²) in [7, 11) is 0. The summed E-state index contributed by atoms with van der Waals surface area (Å²) in [4.78, 5) is 8.57. The molecular weight excluding hydrogens is 222 g/mol. The Balaban J connectivity index is 2.21. The average molecular weight is 241 g/mol. The van der Waals surface area contributed by atoms with Crippen molar-refractivity contribution in [1.29, 1.82) is 0 Å². The monoisotopic (exact) mass is 241 g/mol. The van der Waals surface area contributed by atoms with Gasteiger partial charge in [0, 0.05) is 18.6 Å². The van der Waals surface area contributed by atoms with E-state index in [0.717, 1.165) is 18.7 Å². The quantitative estimate of drug-likeness (QED) is 0.874. The zero-order valence-electron chi connectivity index (χ0n) is 10.9. The third-order valence-electron chi connectivity index (χ3n) is 3.02. The summed E-state index contributed by atoms with van der Waals surface area (Å²) in [6.45, 7) is 5.17. The van der Waals surface area contributed by atoms with Gasteiger partial charge in [0.2, 0.25) is 0 Å². The van der Waals surface area contributed by atoms with E-state index in [2.05, 4.69) is 47.3 Å². The SMILES string of the molecule is CCNC(Cc1ccncc1)c1ncccc1C. The van der Waals surface area contributed by atoms with Gasteiger partial charge in [-0.3, -0.25) is 9.97 Å². The molecule has 1 atom stereocenters. The second-order valence-electron chi connectivity index (χ2n) is 4.38. The van der Waals surface area contributed by atoms with Crippen molar-refractivity contribution < 1.29 is 0 Å². The van der Waals surface area contributed by atoms with Gasteiger partial charge < -0.3 is 5.32 Å². The standard InChI is InChI=1S/C15H19N3/c1-3-17-14(11-13-6-9-16-10-7-13)15-12(2)5-4-8-18-15/h4-10,14,17H,3,11H2,1-2H3. The largest absolute Gasteiger partial charge is 0.309 e. The van der Waals surface area contributed by atoms with E-state index in [1.54, 1.807) is 0 Å². The summed E-state index contributed by atoms with van der Waals surface area (Å²) in [6, 6.07) is 8.47. The maximum absolute atomic E-state index is 4.52. The molecule has 18 heavy (non-hydrogen) atoms. The van der Waals surface area contributed by atoms with Crippen LogP contribution < -0.4 is 5.32 Å². The first-order chi connectivity index (χ1) is 8.81. The first kappa shape index (κ1) is 12.7. The summed E-state index contributed by atoms with van der Waals surface area (Å²) in [5, 5.41) is 3.51. The number of hydrogen-bond acceptors (Lipinski definition) is 3. The van der Waals surface area contributed by atoms with Crippen molar-refractivity contribution >= 4 is 0 Å². The Morgan fingerprint density at radius 2 is 1.94 bits per heavy atom. The van der Waals surface area contributed by atoms with Crippen molar-refractivity contribution in [2.75, 3.05) is 6.54 Å². The number of likely N-dealkylation sites (N-methyl/N-ethyl adjacent to an activating group) is 1. The molecule has 0 saturated carbocycles. The minimum Gasteiger partial charge on any atom is -0.309 e. The average Bonchev–Trinajstić information content (AvgIpc) is 2.40. The Labute approximate surface area is 108 Å². The first-order valence-electron chi connectivity index (χ1n) is 6.35. The molecule has 0 aromatic carbocycles. The summed E-state index contributed by atoms with van der Waals surface area (Å²) in [5.74, 6) is 0. The van der Waals surface area contributed by atoms with Gasteiger partial charge in [-0.25, -0.2) is 0 Å². The van der Waals surface area contributed by atoms with Crippen LogP contribution in [0.4, 0.5) is 0 Å². The molecule has 0 aliphatic carbocycles. The van der Waals surface area contributed by atoms with E-state index in [4.69, 9.17) is 0 Å². The predicted octanol–water partition coefficient (Wildman–Crippen LogP) is 2.68. The van der Waals surface area contributed by atoms with Crippen molar-refractivity contribution in [1.82, 2.24) is 15.3 Å². The van der Waals surface area contributed by atoms with Crippen LogP contribution in [0.15, 0.2) is 42.9 Å². The summed E-state index contributed by atoms with van der Waals surface area (Å²) >= 11 is 0. The van der Waals surface area contributed by atoms with Gasteiger partial charge in [0.1, 0.15) is 0 Å². The van der Waals surface area contributed by atoms with Gasteiger partial charge in [-0.15, -0.1) is 0 Å². The smallest absolute Gasteiger partial charge is 0.0605 e. The number of pyridine rings is 2. The molecule has 3 nitrogen and oxygen atoms in total. The summed E-state index contributed by atoms with van der Waals surface area (Å²) in [5.41, 5.74) is 3.65. The zero-order valence-corrected chi connectivity index (χ0v) is 10.9. The normalized spacial score (nSPS) is 12.3. The van der Waals surface area contributed by atoms with Crippen LogP contribution in [0.2, 0.25) is 0 Å². The minimum atomic E-state index is 0.263. The van der Waals surface area contributed by atoms with E-state index in [-0.39, 0.29) is 6.04 Å². The molecule has 94 valence electrons. The van der Waals surface area contributed by atoms with Gasteiger partial charge >= 0.3 is 0 Å². The van der Waals surface area contributed by atoms with Gasteiger partial charge in [-0.1, -0.05) is 13.0 Å². The molecule has 0 spiro atoms. The highest BCUT2D eigenvalue weighted by atomic mass is 14.9. The number of nitrogens with one attached hydrogen (secondary N) is 1. The second-order valence-corrected chi connectivity index (χ2v) is 4.38. The Bertz CT molecular complexity index is 482. The van der Waals surface area contributed by atoms with E-state index in [0.29, 0.717) is 0 Å².